The second kappa shape index (κ2) is 8.03. The summed E-state index contributed by atoms with van der Waals surface area (Å²) in [5, 5.41) is 8.39. The van der Waals surface area contributed by atoms with Gasteiger partial charge in [-0.05, 0) is 19.4 Å². The summed E-state index contributed by atoms with van der Waals surface area (Å²) in [5.41, 5.74) is 4.40. The quantitative estimate of drug-likeness (QED) is 0.770. The van der Waals surface area contributed by atoms with Crippen molar-refractivity contribution < 1.29 is 9.53 Å². The zero-order valence-electron chi connectivity index (χ0n) is 13.1. The molecule has 0 aliphatic carbocycles. The molecule has 0 aliphatic heterocycles. The molecule has 1 aromatic heterocycles. The van der Waals surface area contributed by atoms with Crippen LogP contribution >= 0.6 is 11.3 Å². The van der Waals surface area contributed by atoms with E-state index in [0.717, 1.165) is 11.3 Å². The van der Waals surface area contributed by atoms with Crippen LogP contribution in [0.25, 0.3) is 11.3 Å². The van der Waals surface area contributed by atoms with Gasteiger partial charge >= 0.3 is 0 Å². The lowest BCUT2D eigenvalue weighted by atomic mass is 10.0. The maximum Gasteiger partial charge on any atom is 0.240 e. The van der Waals surface area contributed by atoms with Gasteiger partial charge in [0.25, 0.3) is 0 Å². The van der Waals surface area contributed by atoms with Crippen LogP contribution in [-0.2, 0) is 9.53 Å². The second-order valence-electron chi connectivity index (χ2n) is 5.07. The number of aryl methyl sites for hydroxylation is 2. The molecule has 0 radical (unpaired) electrons. The Morgan fingerprint density at radius 1 is 1.36 bits per heavy atom. The maximum absolute atomic E-state index is 11.8. The first-order chi connectivity index (χ1) is 10.6. The van der Waals surface area contributed by atoms with Crippen LogP contribution in [0.15, 0.2) is 23.6 Å². The van der Waals surface area contributed by atoms with Crippen LogP contribution in [0.1, 0.15) is 11.1 Å². The summed E-state index contributed by atoms with van der Waals surface area (Å²) in [6, 6.07) is 6.27. The van der Waals surface area contributed by atoms with Gasteiger partial charge in [0.05, 0.1) is 18.8 Å². The van der Waals surface area contributed by atoms with Crippen molar-refractivity contribution in [2.24, 2.45) is 0 Å². The number of carbonyl (C=O) groups is 1. The summed E-state index contributed by atoms with van der Waals surface area (Å²) in [5.74, 6) is -0.0994. The number of amides is 1. The molecular formula is C16H21N3O2S. The van der Waals surface area contributed by atoms with Crippen molar-refractivity contribution in [3.8, 4) is 11.3 Å². The molecule has 0 saturated carbocycles. The van der Waals surface area contributed by atoms with Crippen molar-refractivity contribution >= 4 is 22.4 Å². The van der Waals surface area contributed by atoms with E-state index in [1.54, 1.807) is 7.11 Å². The summed E-state index contributed by atoms with van der Waals surface area (Å²) in [4.78, 5) is 16.3. The number of nitrogens with one attached hydrogen (secondary N) is 2. The van der Waals surface area contributed by atoms with E-state index in [0.29, 0.717) is 18.3 Å². The van der Waals surface area contributed by atoms with Crippen LogP contribution in [-0.4, -0.2) is 37.7 Å². The predicted molar refractivity (Wildman–Crippen MR) is 90.4 cm³/mol. The number of benzene rings is 1. The third kappa shape index (κ3) is 4.62. The van der Waals surface area contributed by atoms with Crippen LogP contribution in [0.4, 0.5) is 5.13 Å². The Bertz CT molecular complexity index is 640. The number of carbonyl (C=O) groups excluding carboxylic acids is 1. The molecule has 2 rings (SSSR count). The van der Waals surface area contributed by atoms with E-state index in [-0.39, 0.29) is 12.5 Å². The molecule has 2 N–H and O–H groups in total. The largest absolute Gasteiger partial charge is 0.383 e. The van der Waals surface area contributed by atoms with Gasteiger partial charge in [-0.15, -0.1) is 11.3 Å². The first kappa shape index (κ1) is 16.6. The zero-order chi connectivity index (χ0) is 15.9. The fourth-order valence-corrected chi connectivity index (χ4v) is 2.82. The van der Waals surface area contributed by atoms with Crippen LogP contribution in [0.3, 0.4) is 0 Å². The predicted octanol–water partition coefficient (Wildman–Crippen LogP) is 2.60. The smallest absolute Gasteiger partial charge is 0.240 e. The number of hydrogen-bond acceptors (Lipinski definition) is 5. The Kier molecular flexibility index (Phi) is 6.06. The van der Waals surface area contributed by atoms with Crippen LogP contribution in [0.2, 0.25) is 0 Å². The number of aromatic nitrogens is 1. The Hall–Kier alpha value is -1.76. The van der Waals surface area contributed by atoms with Crippen molar-refractivity contribution in [1.29, 1.82) is 0 Å². The van der Waals surface area contributed by atoms with Gasteiger partial charge < -0.3 is 15.4 Å². The summed E-state index contributed by atoms with van der Waals surface area (Å²) >= 11 is 1.43. The molecule has 0 bridgehead atoms. The number of hydrogen-bond donors (Lipinski definition) is 2. The van der Waals surface area contributed by atoms with E-state index in [2.05, 4.69) is 47.7 Å². The third-order valence-electron chi connectivity index (χ3n) is 3.18. The zero-order valence-corrected chi connectivity index (χ0v) is 13.9. The molecule has 0 aliphatic rings. The van der Waals surface area contributed by atoms with E-state index in [4.69, 9.17) is 4.74 Å². The van der Waals surface area contributed by atoms with Crippen molar-refractivity contribution in [2.75, 3.05) is 32.1 Å². The highest BCUT2D eigenvalue weighted by molar-refractivity contribution is 7.14. The lowest BCUT2D eigenvalue weighted by molar-refractivity contribution is -0.115. The van der Waals surface area contributed by atoms with E-state index in [9.17, 15) is 4.79 Å². The molecule has 1 aromatic carbocycles. The Labute approximate surface area is 134 Å². The third-order valence-corrected chi connectivity index (χ3v) is 3.93. The standard InChI is InChI=1S/C16H21N3O2S/c1-11-4-5-13(12(2)8-11)14-10-22-16(18-14)19-15(20)9-17-6-7-21-3/h4-5,8,10,17H,6-7,9H2,1-3H3,(H,18,19,20). The summed E-state index contributed by atoms with van der Waals surface area (Å²) < 4.78 is 4.91. The number of anilines is 1. The molecule has 22 heavy (non-hydrogen) atoms. The van der Waals surface area contributed by atoms with Gasteiger partial charge in [-0.3, -0.25) is 4.79 Å². The molecule has 0 unspecified atom stereocenters. The molecule has 0 spiro atoms. The van der Waals surface area contributed by atoms with E-state index < -0.39 is 0 Å². The number of thiazole rings is 1. The van der Waals surface area contributed by atoms with Crippen molar-refractivity contribution in [3.05, 3.63) is 34.7 Å². The molecular weight excluding hydrogens is 298 g/mol. The van der Waals surface area contributed by atoms with E-state index >= 15 is 0 Å². The van der Waals surface area contributed by atoms with Gasteiger partial charge in [0.2, 0.25) is 5.91 Å². The molecule has 0 saturated heterocycles. The fourth-order valence-electron chi connectivity index (χ4n) is 2.10. The topological polar surface area (TPSA) is 63.2 Å². The average Bonchev–Trinajstić information content (AvgIpc) is 2.92. The van der Waals surface area contributed by atoms with E-state index in [1.165, 1.54) is 22.5 Å². The van der Waals surface area contributed by atoms with Gasteiger partial charge in [-0.1, -0.05) is 23.8 Å². The van der Waals surface area contributed by atoms with E-state index in [1.807, 2.05) is 5.38 Å². The molecule has 118 valence electrons. The monoisotopic (exact) mass is 319 g/mol. The minimum Gasteiger partial charge on any atom is -0.383 e. The van der Waals surface area contributed by atoms with Crippen molar-refractivity contribution in [1.82, 2.24) is 10.3 Å². The molecule has 6 heteroatoms. The Morgan fingerprint density at radius 2 is 2.18 bits per heavy atom. The number of rotatable bonds is 7. The molecule has 5 nitrogen and oxygen atoms in total. The number of methoxy groups -OCH3 is 1. The van der Waals surface area contributed by atoms with Crippen molar-refractivity contribution in [2.45, 2.75) is 13.8 Å². The molecule has 1 heterocycles. The van der Waals surface area contributed by atoms with Crippen molar-refractivity contribution in [3.63, 3.8) is 0 Å². The number of nitrogens with zero attached hydrogens (tertiary/aromatic N) is 1. The first-order valence-electron chi connectivity index (χ1n) is 7.13. The van der Waals surface area contributed by atoms with Crippen LogP contribution in [0.5, 0.6) is 0 Å². The summed E-state index contributed by atoms with van der Waals surface area (Å²) in [7, 11) is 1.63. The Morgan fingerprint density at radius 3 is 2.91 bits per heavy atom. The fraction of sp³-hybridized carbons (Fsp3) is 0.375. The lowest BCUT2D eigenvalue weighted by Crippen LogP contribution is -2.30. The molecule has 2 aromatic rings. The normalized spacial score (nSPS) is 10.7. The molecule has 0 fully saturated rings. The van der Waals surface area contributed by atoms with Gasteiger partial charge in [-0.2, -0.15) is 0 Å². The number of ether oxygens (including phenoxy) is 1. The van der Waals surface area contributed by atoms with Crippen LogP contribution in [0, 0.1) is 13.8 Å². The lowest BCUT2D eigenvalue weighted by Gasteiger charge is -2.04. The highest BCUT2D eigenvalue weighted by atomic mass is 32.1. The van der Waals surface area contributed by atoms with Gasteiger partial charge in [0, 0.05) is 24.6 Å². The van der Waals surface area contributed by atoms with Gasteiger partial charge in [-0.25, -0.2) is 4.98 Å². The summed E-state index contributed by atoms with van der Waals surface area (Å²) in [6.07, 6.45) is 0. The minimum atomic E-state index is -0.0994. The average molecular weight is 319 g/mol. The second-order valence-corrected chi connectivity index (χ2v) is 5.93. The highest BCUT2D eigenvalue weighted by Gasteiger charge is 2.09. The Balaban J connectivity index is 1.95. The first-order valence-corrected chi connectivity index (χ1v) is 8.01. The summed E-state index contributed by atoms with van der Waals surface area (Å²) in [6.45, 7) is 5.62. The molecule has 0 atom stereocenters. The minimum absolute atomic E-state index is 0.0994. The van der Waals surface area contributed by atoms with Gasteiger partial charge in [0.1, 0.15) is 0 Å². The van der Waals surface area contributed by atoms with Gasteiger partial charge in [0.15, 0.2) is 5.13 Å². The maximum atomic E-state index is 11.8. The highest BCUT2D eigenvalue weighted by Crippen LogP contribution is 2.27. The SMILES string of the molecule is COCCNCC(=O)Nc1nc(-c2ccc(C)cc2C)cs1. The van der Waals surface area contributed by atoms with Crippen LogP contribution < -0.4 is 10.6 Å². The molecule has 1 amide bonds.